The molecule has 2 aromatic rings. The Kier molecular flexibility index (Phi) is 4.57. The van der Waals surface area contributed by atoms with Crippen molar-refractivity contribution in [3.63, 3.8) is 0 Å². The van der Waals surface area contributed by atoms with Crippen LogP contribution in [-0.2, 0) is 10.2 Å². The van der Waals surface area contributed by atoms with Crippen molar-refractivity contribution in [2.45, 2.75) is 37.1 Å². The molecule has 1 saturated carbocycles. The van der Waals surface area contributed by atoms with E-state index in [0.717, 1.165) is 18.9 Å². The van der Waals surface area contributed by atoms with Crippen LogP contribution >= 0.6 is 0 Å². The van der Waals surface area contributed by atoms with Crippen LogP contribution in [0, 0.1) is 5.82 Å². The summed E-state index contributed by atoms with van der Waals surface area (Å²) in [5.74, 6) is -3.43. The molecule has 8 nitrogen and oxygen atoms in total. The van der Waals surface area contributed by atoms with E-state index >= 15 is 4.39 Å². The van der Waals surface area contributed by atoms with Crippen molar-refractivity contribution >= 4 is 22.8 Å². The molecule has 2 heterocycles. The summed E-state index contributed by atoms with van der Waals surface area (Å²) in [6.45, 7) is 0.806. The van der Waals surface area contributed by atoms with E-state index in [0.29, 0.717) is 13.1 Å². The van der Waals surface area contributed by atoms with Crippen LogP contribution in [0.4, 0.5) is 4.39 Å². The number of methoxy groups -OCH3 is 1. The Morgan fingerprint density at radius 1 is 1.28 bits per heavy atom. The number of aromatic nitrogens is 1. The molecule has 2 fully saturated rings. The van der Waals surface area contributed by atoms with Crippen molar-refractivity contribution in [1.29, 1.82) is 0 Å². The maximum absolute atomic E-state index is 15.4. The van der Waals surface area contributed by atoms with Gasteiger partial charge in [0.1, 0.15) is 16.8 Å². The number of aliphatic carboxylic acids is 1. The number of fused-ring (bicyclic) bond motifs is 1. The molecule has 1 aromatic heterocycles. The molecule has 3 N–H and O–H groups in total. The average Bonchev–Trinajstić information content (AvgIpc) is 3.53. The summed E-state index contributed by atoms with van der Waals surface area (Å²) in [4.78, 5) is 36.6. The van der Waals surface area contributed by atoms with Gasteiger partial charge in [-0.05, 0) is 44.8 Å². The van der Waals surface area contributed by atoms with Gasteiger partial charge in [0.2, 0.25) is 5.43 Å². The second-order valence-electron chi connectivity index (χ2n) is 7.62. The number of carbonyl (C=O) groups is 2. The van der Waals surface area contributed by atoms with Gasteiger partial charge in [-0.1, -0.05) is 0 Å². The minimum Gasteiger partial charge on any atom is -0.494 e. The molecule has 9 heteroatoms. The SMILES string of the molecule is COc1c(C2(C(=O)O)CCNCC2)c(F)cc2c(=O)c(C(=O)O)cn(C3CC3)c12. The number of nitrogens with zero attached hydrogens (tertiary/aromatic N) is 1. The molecule has 2 aliphatic rings. The second-order valence-corrected chi connectivity index (χ2v) is 7.62. The first-order valence-corrected chi connectivity index (χ1v) is 9.45. The molecule has 0 spiro atoms. The third kappa shape index (κ3) is 2.88. The molecule has 0 atom stereocenters. The number of ether oxygens (including phenoxy) is 1. The Morgan fingerprint density at radius 2 is 1.93 bits per heavy atom. The zero-order chi connectivity index (χ0) is 20.9. The van der Waals surface area contributed by atoms with E-state index in [1.807, 2.05) is 0 Å². The lowest BCUT2D eigenvalue weighted by molar-refractivity contribution is -0.145. The highest BCUT2D eigenvalue weighted by atomic mass is 19.1. The fourth-order valence-electron chi connectivity index (χ4n) is 4.32. The molecule has 154 valence electrons. The number of carboxylic acid groups (broad SMARTS) is 2. The van der Waals surface area contributed by atoms with Gasteiger partial charge in [0.05, 0.1) is 18.0 Å². The highest BCUT2D eigenvalue weighted by Crippen LogP contribution is 2.46. The summed E-state index contributed by atoms with van der Waals surface area (Å²) >= 11 is 0. The van der Waals surface area contributed by atoms with Crippen LogP contribution in [0.1, 0.15) is 47.6 Å². The number of halogens is 1. The third-order valence-corrected chi connectivity index (χ3v) is 5.94. The highest BCUT2D eigenvalue weighted by Gasteiger charge is 2.46. The number of benzene rings is 1. The summed E-state index contributed by atoms with van der Waals surface area (Å²) in [5.41, 5.74) is -2.60. The van der Waals surface area contributed by atoms with E-state index in [-0.39, 0.29) is 41.1 Å². The quantitative estimate of drug-likeness (QED) is 0.696. The van der Waals surface area contributed by atoms with Crippen LogP contribution < -0.4 is 15.5 Å². The van der Waals surface area contributed by atoms with E-state index in [2.05, 4.69) is 5.32 Å². The molecular weight excluding hydrogens is 383 g/mol. The van der Waals surface area contributed by atoms with Crippen molar-refractivity contribution in [2.24, 2.45) is 0 Å². The van der Waals surface area contributed by atoms with E-state index < -0.39 is 34.2 Å². The van der Waals surface area contributed by atoms with Gasteiger partial charge in [-0.2, -0.15) is 0 Å². The number of hydrogen-bond acceptors (Lipinski definition) is 5. The molecule has 4 rings (SSSR count). The van der Waals surface area contributed by atoms with Crippen LogP contribution in [0.3, 0.4) is 0 Å². The fraction of sp³-hybridized carbons (Fsp3) is 0.450. The molecule has 0 amide bonds. The van der Waals surface area contributed by atoms with Crippen LogP contribution in [0.2, 0.25) is 0 Å². The van der Waals surface area contributed by atoms with E-state index in [4.69, 9.17) is 4.74 Å². The summed E-state index contributed by atoms with van der Waals surface area (Å²) in [5, 5.41) is 22.4. The predicted octanol–water partition coefficient (Wildman–Crippen LogP) is 1.89. The van der Waals surface area contributed by atoms with Gasteiger partial charge in [-0.15, -0.1) is 0 Å². The Balaban J connectivity index is 2.13. The number of rotatable bonds is 5. The normalized spacial score (nSPS) is 18.6. The molecule has 1 aliphatic carbocycles. The van der Waals surface area contributed by atoms with E-state index in [1.54, 1.807) is 4.57 Å². The number of piperidine rings is 1. The standard InChI is InChI=1S/C20H21FN2O6/c1-29-17-14(20(19(27)28)4-6-22-7-5-20)13(21)8-11-15(17)23(10-2-3-10)9-12(16(11)24)18(25)26/h8-10,22H,2-7H2,1H3,(H,25,26)(H,27,28). The number of aromatic carboxylic acids is 1. The molecular formula is C20H21FN2O6. The molecule has 0 bridgehead atoms. The highest BCUT2D eigenvalue weighted by molar-refractivity contribution is 5.96. The zero-order valence-electron chi connectivity index (χ0n) is 15.8. The van der Waals surface area contributed by atoms with E-state index in [9.17, 15) is 24.6 Å². The van der Waals surface area contributed by atoms with Gasteiger partial charge in [0.15, 0.2) is 5.75 Å². The first-order chi connectivity index (χ1) is 13.8. The largest absolute Gasteiger partial charge is 0.494 e. The summed E-state index contributed by atoms with van der Waals surface area (Å²) in [7, 11) is 1.31. The fourth-order valence-corrected chi connectivity index (χ4v) is 4.32. The molecule has 29 heavy (non-hydrogen) atoms. The van der Waals surface area contributed by atoms with Gasteiger partial charge in [-0.3, -0.25) is 9.59 Å². The summed E-state index contributed by atoms with van der Waals surface area (Å²) in [6, 6.07) is 0.922. The molecule has 0 unspecified atom stereocenters. The number of carboxylic acids is 2. The lowest BCUT2D eigenvalue weighted by atomic mass is 9.72. The second kappa shape index (κ2) is 6.84. The van der Waals surface area contributed by atoms with Crippen molar-refractivity contribution in [1.82, 2.24) is 9.88 Å². The topological polar surface area (TPSA) is 118 Å². The Hall–Kier alpha value is -2.94. The van der Waals surface area contributed by atoms with Crippen LogP contribution in [0.25, 0.3) is 10.9 Å². The third-order valence-electron chi connectivity index (χ3n) is 5.94. The minimum absolute atomic E-state index is 0.00904. The molecule has 1 aromatic carbocycles. The zero-order valence-corrected chi connectivity index (χ0v) is 15.8. The number of pyridine rings is 1. The summed E-state index contributed by atoms with van der Waals surface area (Å²) < 4.78 is 22.5. The Bertz CT molecular complexity index is 1080. The predicted molar refractivity (Wildman–Crippen MR) is 101 cm³/mol. The van der Waals surface area contributed by atoms with Gasteiger partial charge in [-0.25, -0.2) is 9.18 Å². The maximum atomic E-state index is 15.4. The van der Waals surface area contributed by atoms with Crippen molar-refractivity contribution < 1.29 is 28.9 Å². The van der Waals surface area contributed by atoms with Gasteiger partial charge in [0.25, 0.3) is 0 Å². The van der Waals surface area contributed by atoms with Crippen LogP contribution in [-0.4, -0.2) is 46.9 Å². The lowest BCUT2D eigenvalue weighted by Crippen LogP contribution is -2.46. The van der Waals surface area contributed by atoms with Crippen LogP contribution in [0.5, 0.6) is 5.75 Å². The molecule has 1 saturated heterocycles. The number of hydrogen-bond donors (Lipinski definition) is 3. The van der Waals surface area contributed by atoms with Crippen molar-refractivity contribution in [3.8, 4) is 5.75 Å². The molecule has 0 radical (unpaired) electrons. The maximum Gasteiger partial charge on any atom is 0.341 e. The monoisotopic (exact) mass is 404 g/mol. The van der Waals surface area contributed by atoms with Gasteiger partial charge in [0, 0.05) is 17.8 Å². The molecule has 1 aliphatic heterocycles. The lowest BCUT2D eigenvalue weighted by Gasteiger charge is -2.35. The average molecular weight is 404 g/mol. The van der Waals surface area contributed by atoms with E-state index in [1.165, 1.54) is 13.3 Å². The first kappa shape index (κ1) is 19.4. The first-order valence-electron chi connectivity index (χ1n) is 9.45. The number of nitrogens with one attached hydrogen (secondary N) is 1. The van der Waals surface area contributed by atoms with Crippen LogP contribution in [0.15, 0.2) is 17.1 Å². The van der Waals surface area contributed by atoms with Gasteiger partial charge < -0.3 is 24.8 Å². The minimum atomic E-state index is -1.50. The Morgan fingerprint density at radius 3 is 2.45 bits per heavy atom. The smallest absolute Gasteiger partial charge is 0.341 e. The van der Waals surface area contributed by atoms with Crippen molar-refractivity contribution in [2.75, 3.05) is 20.2 Å². The Labute approximate surface area is 164 Å². The van der Waals surface area contributed by atoms with Gasteiger partial charge >= 0.3 is 11.9 Å². The van der Waals surface area contributed by atoms with Crippen molar-refractivity contribution in [3.05, 3.63) is 39.4 Å². The summed E-state index contributed by atoms with van der Waals surface area (Å²) in [6.07, 6.45) is 3.15.